The minimum absolute atomic E-state index is 0.0720. The second-order valence-electron chi connectivity index (χ2n) is 6.69. The topological polar surface area (TPSA) is 83.1 Å². The first-order valence-electron chi connectivity index (χ1n) is 9.10. The number of unbranched alkanes of at least 4 members (excludes halogenated alkanes) is 2. The molecule has 0 amide bonds. The molecule has 1 aromatic carbocycles. The van der Waals surface area contributed by atoms with Gasteiger partial charge in [-0.2, -0.15) is 5.26 Å². The minimum Gasteiger partial charge on any atom is -0.494 e. The van der Waals surface area contributed by atoms with E-state index in [-0.39, 0.29) is 33.1 Å². The van der Waals surface area contributed by atoms with Gasteiger partial charge in [-0.15, -0.1) is 11.3 Å². The summed E-state index contributed by atoms with van der Waals surface area (Å²) in [5.41, 5.74) is -0.664. The molecule has 0 aliphatic heterocycles. The van der Waals surface area contributed by atoms with Gasteiger partial charge in [0.2, 0.25) is 11.7 Å². The van der Waals surface area contributed by atoms with Crippen molar-refractivity contribution in [2.45, 2.75) is 39.7 Å². The fraction of sp³-hybridized carbons (Fsp3) is 0.286. The van der Waals surface area contributed by atoms with E-state index < -0.39 is 17.2 Å². The molecule has 0 unspecified atom stereocenters. The highest BCUT2D eigenvalue weighted by molar-refractivity contribution is 7.21. The maximum absolute atomic E-state index is 13.3. The third-order valence-electron chi connectivity index (χ3n) is 4.81. The van der Waals surface area contributed by atoms with E-state index in [2.05, 4.69) is 0 Å². The molecule has 0 saturated heterocycles. The van der Waals surface area contributed by atoms with Crippen LogP contribution in [-0.2, 0) is 6.54 Å². The predicted octanol–water partition coefficient (Wildman–Crippen LogP) is 5.68. The maximum Gasteiger partial charge on any atom is 0.271 e. The van der Waals surface area contributed by atoms with Crippen LogP contribution in [0.25, 0.3) is 10.1 Å². The third-order valence-corrected chi connectivity index (χ3v) is 6.70. The zero-order valence-electron chi connectivity index (χ0n) is 15.9. The average Bonchev–Trinajstić information content (AvgIpc) is 3.00. The monoisotopic (exact) mass is 448 g/mol. The quantitative estimate of drug-likeness (QED) is 0.388. The molecule has 0 radical (unpaired) electrons. The van der Waals surface area contributed by atoms with Gasteiger partial charge in [-0.3, -0.25) is 14.2 Å². The van der Waals surface area contributed by atoms with Crippen molar-refractivity contribution in [3.05, 3.63) is 60.2 Å². The Morgan fingerprint density at radius 3 is 2.69 bits per heavy atom. The number of pyridine rings is 1. The van der Waals surface area contributed by atoms with E-state index in [4.69, 9.17) is 23.2 Å². The average molecular weight is 449 g/mol. The number of aromatic nitrogens is 1. The van der Waals surface area contributed by atoms with Crippen LogP contribution in [0.1, 0.15) is 52.5 Å². The molecule has 0 bridgehead atoms. The second kappa shape index (κ2) is 8.58. The highest BCUT2D eigenvalue weighted by Crippen LogP contribution is 2.39. The summed E-state index contributed by atoms with van der Waals surface area (Å²) < 4.78 is 1.84. The number of ketones is 1. The van der Waals surface area contributed by atoms with Crippen molar-refractivity contribution in [3.8, 4) is 11.9 Å². The highest BCUT2D eigenvalue weighted by Gasteiger charge is 2.28. The van der Waals surface area contributed by atoms with Crippen LogP contribution in [0.3, 0.4) is 0 Å². The summed E-state index contributed by atoms with van der Waals surface area (Å²) in [7, 11) is 0. The molecule has 2 heterocycles. The van der Waals surface area contributed by atoms with Crippen molar-refractivity contribution in [3.63, 3.8) is 0 Å². The summed E-state index contributed by atoms with van der Waals surface area (Å²) in [4.78, 5) is 26.2. The number of hydrogen-bond donors (Lipinski definition) is 1. The zero-order valence-corrected chi connectivity index (χ0v) is 18.2. The Morgan fingerprint density at radius 1 is 1.31 bits per heavy atom. The van der Waals surface area contributed by atoms with E-state index in [0.717, 1.165) is 33.4 Å². The lowest BCUT2D eigenvalue weighted by atomic mass is 10.0. The molecule has 0 atom stereocenters. The van der Waals surface area contributed by atoms with Gasteiger partial charge in [-0.05, 0) is 31.0 Å². The van der Waals surface area contributed by atoms with Crippen LogP contribution in [-0.4, -0.2) is 15.5 Å². The van der Waals surface area contributed by atoms with Crippen molar-refractivity contribution >= 4 is 50.4 Å². The Balaban J connectivity index is 2.21. The lowest BCUT2D eigenvalue weighted by Crippen LogP contribution is -2.26. The van der Waals surface area contributed by atoms with Crippen LogP contribution in [0.2, 0.25) is 10.0 Å². The molecule has 8 heteroatoms. The highest BCUT2D eigenvalue weighted by atomic mass is 35.5. The minimum atomic E-state index is -0.593. The lowest BCUT2D eigenvalue weighted by molar-refractivity contribution is 0.103. The first kappa shape index (κ1) is 21.4. The molecule has 3 rings (SSSR count). The Bertz CT molecular complexity index is 1220. The standard InChI is InChI=1S/C21H18Cl2N2O3S/c1-3-4-5-8-25-20(27)14(10-24)11(2)16(21(25)28)18(26)19-17(23)13-7-6-12(22)9-15(13)29-19/h6-7,9,28H,3-5,8H2,1-2H3. The number of halogens is 2. The number of aromatic hydroxyl groups is 1. The number of carbonyl (C=O) groups is 1. The van der Waals surface area contributed by atoms with Crippen molar-refractivity contribution in [2.24, 2.45) is 0 Å². The van der Waals surface area contributed by atoms with Gasteiger partial charge in [0, 0.05) is 21.7 Å². The number of carbonyl (C=O) groups excluding carboxylic acids is 1. The molecule has 0 fully saturated rings. The Kier molecular flexibility index (Phi) is 6.33. The maximum atomic E-state index is 13.3. The normalized spacial score (nSPS) is 11.0. The van der Waals surface area contributed by atoms with Gasteiger partial charge in [0.15, 0.2) is 0 Å². The van der Waals surface area contributed by atoms with Crippen molar-refractivity contribution in [1.82, 2.24) is 4.57 Å². The Labute approximate surface area is 181 Å². The van der Waals surface area contributed by atoms with Gasteiger partial charge in [0.25, 0.3) is 5.56 Å². The number of rotatable bonds is 6. The van der Waals surface area contributed by atoms with E-state index in [1.54, 1.807) is 18.2 Å². The van der Waals surface area contributed by atoms with Crippen LogP contribution >= 0.6 is 34.5 Å². The number of thiophene rings is 1. The second-order valence-corrected chi connectivity index (χ2v) is 8.56. The predicted molar refractivity (Wildman–Crippen MR) is 117 cm³/mol. The third kappa shape index (κ3) is 3.78. The summed E-state index contributed by atoms with van der Waals surface area (Å²) in [6.45, 7) is 3.73. The fourth-order valence-corrected chi connectivity index (χ4v) is 4.99. The SMILES string of the molecule is CCCCCn1c(O)c(C(=O)c2sc3cc(Cl)ccc3c2Cl)c(C)c(C#N)c1=O. The molecule has 0 aliphatic carbocycles. The fourth-order valence-electron chi connectivity index (χ4n) is 3.25. The molecule has 2 aromatic heterocycles. The molecule has 0 spiro atoms. The van der Waals surface area contributed by atoms with E-state index in [1.165, 1.54) is 6.92 Å². The van der Waals surface area contributed by atoms with Crippen LogP contribution < -0.4 is 5.56 Å². The van der Waals surface area contributed by atoms with Gasteiger partial charge in [-0.25, -0.2) is 0 Å². The molecule has 5 nitrogen and oxygen atoms in total. The number of nitrogens with zero attached hydrogens (tertiary/aromatic N) is 2. The molecule has 1 N–H and O–H groups in total. The zero-order chi connectivity index (χ0) is 21.3. The summed E-state index contributed by atoms with van der Waals surface area (Å²) in [5, 5.41) is 21.7. The lowest BCUT2D eigenvalue weighted by Gasteiger charge is -2.15. The van der Waals surface area contributed by atoms with Crippen LogP contribution in [0, 0.1) is 18.3 Å². The largest absolute Gasteiger partial charge is 0.494 e. The Morgan fingerprint density at radius 2 is 2.03 bits per heavy atom. The van der Waals surface area contributed by atoms with Gasteiger partial charge >= 0.3 is 0 Å². The summed E-state index contributed by atoms with van der Waals surface area (Å²) in [6, 6.07) is 7.00. The van der Waals surface area contributed by atoms with E-state index in [9.17, 15) is 20.0 Å². The smallest absolute Gasteiger partial charge is 0.271 e. The molecule has 29 heavy (non-hydrogen) atoms. The van der Waals surface area contributed by atoms with Gasteiger partial charge in [0.05, 0.1) is 15.5 Å². The van der Waals surface area contributed by atoms with E-state index >= 15 is 0 Å². The van der Waals surface area contributed by atoms with E-state index in [1.807, 2.05) is 13.0 Å². The van der Waals surface area contributed by atoms with Crippen LogP contribution in [0.15, 0.2) is 23.0 Å². The molecule has 0 saturated carbocycles. The van der Waals surface area contributed by atoms with Crippen LogP contribution in [0.4, 0.5) is 0 Å². The molecular weight excluding hydrogens is 431 g/mol. The number of hydrogen-bond acceptors (Lipinski definition) is 5. The van der Waals surface area contributed by atoms with Crippen molar-refractivity contribution in [2.75, 3.05) is 0 Å². The van der Waals surface area contributed by atoms with E-state index in [0.29, 0.717) is 16.8 Å². The molecular formula is C21H18Cl2N2O3S. The Hall–Kier alpha value is -2.33. The first-order valence-corrected chi connectivity index (χ1v) is 10.7. The molecule has 3 aromatic rings. The summed E-state index contributed by atoms with van der Waals surface area (Å²) in [5.74, 6) is -0.956. The van der Waals surface area contributed by atoms with Gasteiger partial charge in [-0.1, -0.05) is 49.0 Å². The molecule has 0 aliphatic rings. The number of nitriles is 1. The van der Waals surface area contributed by atoms with Gasteiger partial charge in [0.1, 0.15) is 11.6 Å². The summed E-state index contributed by atoms with van der Waals surface area (Å²) in [6.07, 6.45) is 2.43. The van der Waals surface area contributed by atoms with Crippen LogP contribution in [0.5, 0.6) is 5.88 Å². The van der Waals surface area contributed by atoms with Crippen molar-refractivity contribution in [1.29, 1.82) is 5.26 Å². The van der Waals surface area contributed by atoms with Crippen molar-refractivity contribution < 1.29 is 9.90 Å². The van der Waals surface area contributed by atoms with Gasteiger partial charge < -0.3 is 5.11 Å². The first-order chi connectivity index (χ1) is 13.8. The number of fused-ring (bicyclic) bond motifs is 1. The summed E-state index contributed by atoms with van der Waals surface area (Å²) >= 11 is 13.6. The number of benzene rings is 1. The molecule has 150 valence electrons.